The molecular formula is C23H34N2O14P2S2. The first-order valence-corrected chi connectivity index (χ1v) is 19.2. The van der Waals surface area contributed by atoms with E-state index >= 15 is 0 Å². The van der Waals surface area contributed by atoms with Gasteiger partial charge in [-0.3, -0.25) is 29.4 Å². The molecule has 1 unspecified atom stereocenters. The predicted molar refractivity (Wildman–Crippen MR) is 157 cm³/mol. The van der Waals surface area contributed by atoms with Crippen LogP contribution in [0.25, 0.3) is 0 Å². The average molecular weight is 689 g/mol. The molecule has 0 radical (unpaired) electrons. The summed E-state index contributed by atoms with van der Waals surface area (Å²) in [4.78, 5) is 18.1. The largest absolute Gasteiger partial charge is 0.348 e. The van der Waals surface area contributed by atoms with Crippen LogP contribution in [0.5, 0.6) is 0 Å². The number of nitro groups is 2. The summed E-state index contributed by atoms with van der Waals surface area (Å²) in [5.41, 5.74) is -1.27. The average Bonchev–Trinajstić information content (AvgIpc) is 2.93. The number of nitrogens with zero attached hydrogens (tertiary/aromatic N) is 2. The van der Waals surface area contributed by atoms with E-state index in [2.05, 4.69) is 0 Å². The van der Waals surface area contributed by atoms with Crippen LogP contribution in [-0.4, -0.2) is 63.6 Å². The van der Waals surface area contributed by atoms with Crippen LogP contribution in [0.3, 0.4) is 0 Å². The molecule has 0 saturated carbocycles. The Labute approximate surface area is 249 Å². The lowest BCUT2D eigenvalue weighted by atomic mass is 10.3. The van der Waals surface area contributed by atoms with Gasteiger partial charge in [-0.15, -0.1) is 0 Å². The van der Waals surface area contributed by atoms with Crippen molar-refractivity contribution in [1.82, 2.24) is 0 Å². The monoisotopic (exact) mass is 688 g/mol. The number of rotatable bonds is 16. The summed E-state index contributed by atoms with van der Waals surface area (Å²) in [5.74, 6) is 0. The predicted octanol–water partition coefficient (Wildman–Crippen LogP) is 5.57. The Balaban J connectivity index is 0.000000430. The normalized spacial score (nSPS) is 13.0. The first-order valence-electron chi connectivity index (χ1n) is 12.6. The van der Waals surface area contributed by atoms with Crippen LogP contribution in [0.2, 0.25) is 0 Å². The molecule has 16 nitrogen and oxygen atoms in total. The number of non-ortho nitro benzene ring substituents is 2. The molecule has 20 heteroatoms. The van der Waals surface area contributed by atoms with Crippen molar-refractivity contribution in [2.24, 2.45) is 0 Å². The van der Waals surface area contributed by atoms with Crippen LogP contribution in [0.4, 0.5) is 11.4 Å². The summed E-state index contributed by atoms with van der Waals surface area (Å²) in [7, 11) is -15.6. The van der Waals surface area contributed by atoms with E-state index in [9.17, 15) is 46.2 Å². The summed E-state index contributed by atoms with van der Waals surface area (Å²) in [6.45, 7) is 7.72. The van der Waals surface area contributed by atoms with E-state index in [0.717, 1.165) is 48.5 Å². The zero-order valence-electron chi connectivity index (χ0n) is 24.1. The lowest BCUT2D eigenvalue weighted by Crippen LogP contribution is -2.21. The number of sulfone groups is 2. The van der Waals surface area contributed by atoms with Gasteiger partial charge in [-0.2, -0.15) is 0 Å². The minimum Gasteiger partial charge on any atom is -0.308 e. The van der Waals surface area contributed by atoms with Crippen molar-refractivity contribution in [3.63, 3.8) is 0 Å². The van der Waals surface area contributed by atoms with Gasteiger partial charge in [-0.05, 0) is 58.9 Å². The van der Waals surface area contributed by atoms with Gasteiger partial charge in [0.1, 0.15) is 0 Å². The topological polar surface area (TPSA) is 226 Å². The van der Waals surface area contributed by atoms with E-state index < -0.39 is 55.2 Å². The third kappa shape index (κ3) is 10.8. The van der Waals surface area contributed by atoms with E-state index in [-0.39, 0.29) is 47.6 Å². The zero-order chi connectivity index (χ0) is 33.1. The van der Waals surface area contributed by atoms with Gasteiger partial charge < -0.3 is 18.1 Å². The van der Waals surface area contributed by atoms with E-state index in [1.807, 2.05) is 0 Å². The molecule has 0 spiro atoms. The van der Waals surface area contributed by atoms with Crippen molar-refractivity contribution in [2.75, 3.05) is 31.9 Å². The molecule has 43 heavy (non-hydrogen) atoms. The van der Waals surface area contributed by atoms with E-state index in [0.29, 0.717) is 0 Å². The fraction of sp³-hybridized carbons (Fsp3) is 0.478. The molecule has 0 heterocycles. The molecule has 0 amide bonds. The maximum absolute atomic E-state index is 12.6. The van der Waals surface area contributed by atoms with E-state index in [1.165, 1.54) is 6.92 Å². The van der Waals surface area contributed by atoms with E-state index in [1.54, 1.807) is 27.7 Å². The number of nitro benzene ring substituents is 2. The molecule has 0 aliphatic heterocycles. The molecule has 0 aliphatic carbocycles. The number of benzene rings is 2. The molecule has 0 aliphatic rings. The minimum absolute atomic E-state index is 0.0391. The molecular weight excluding hydrogens is 654 g/mol. The van der Waals surface area contributed by atoms with Gasteiger partial charge in [0.2, 0.25) is 0 Å². The Bertz CT molecular complexity index is 1530. The molecule has 2 aromatic carbocycles. The van der Waals surface area contributed by atoms with Crippen LogP contribution in [-0.2, 0) is 46.9 Å². The lowest BCUT2D eigenvalue weighted by molar-refractivity contribution is -0.385. The maximum atomic E-state index is 12.6. The van der Waals surface area contributed by atoms with Gasteiger partial charge in [0.25, 0.3) is 11.4 Å². The highest BCUT2D eigenvalue weighted by Crippen LogP contribution is 2.56. The molecule has 0 bridgehead atoms. The summed E-state index contributed by atoms with van der Waals surface area (Å²) >= 11 is 0. The standard InChI is InChI=1S/C12H18NO7PS.C11H16NO7PS/c1-4-19-21(16,20-5-2)10(3)22(17,18)12-8-6-11(7-9-12)13(14)15;1-3-18-20(15,19-4-2)9-21(16,17)11-7-5-10(6-8-11)12(13)14/h6-10H,4-5H2,1-3H3;5-8H,3-4,9H2,1-2H3. The van der Waals surface area contributed by atoms with Gasteiger partial charge in [0.05, 0.1) is 46.1 Å². The Morgan fingerprint density at radius 1 is 0.674 bits per heavy atom. The fourth-order valence-electron chi connectivity index (χ4n) is 3.29. The Morgan fingerprint density at radius 3 is 1.35 bits per heavy atom. The molecule has 242 valence electrons. The van der Waals surface area contributed by atoms with Crippen molar-refractivity contribution in [1.29, 1.82) is 0 Å². The van der Waals surface area contributed by atoms with Crippen molar-refractivity contribution in [3.8, 4) is 0 Å². The summed E-state index contributed by atoms with van der Waals surface area (Å²) in [6, 6.07) is 8.68. The van der Waals surface area contributed by atoms with Crippen LogP contribution < -0.4 is 0 Å². The summed E-state index contributed by atoms with van der Waals surface area (Å²) < 4.78 is 94.2. The quantitative estimate of drug-likeness (QED) is 0.119. The first-order chi connectivity index (χ1) is 19.9. The Kier molecular flexibility index (Phi) is 14.8. The van der Waals surface area contributed by atoms with Gasteiger partial charge in [-0.25, -0.2) is 16.8 Å². The number of hydrogen-bond donors (Lipinski definition) is 0. The molecule has 2 aromatic rings. The Hall–Kier alpha value is -2.56. The zero-order valence-corrected chi connectivity index (χ0v) is 27.5. The van der Waals surface area contributed by atoms with Crippen LogP contribution in [0, 0.1) is 20.2 Å². The van der Waals surface area contributed by atoms with Gasteiger partial charge in [-0.1, -0.05) is 0 Å². The molecule has 1 atom stereocenters. The second-order valence-electron chi connectivity index (χ2n) is 8.21. The van der Waals surface area contributed by atoms with E-state index in [4.69, 9.17) is 18.1 Å². The highest BCUT2D eigenvalue weighted by molar-refractivity contribution is 7.98. The van der Waals surface area contributed by atoms with Crippen LogP contribution >= 0.6 is 15.2 Å². The summed E-state index contributed by atoms with van der Waals surface area (Å²) in [5, 5.41) is 21.1. The van der Waals surface area contributed by atoms with Gasteiger partial charge in [0.15, 0.2) is 30.2 Å². The lowest BCUT2D eigenvalue weighted by Gasteiger charge is -2.23. The van der Waals surface area contributed by atoms with Crippen molar-refractivity contribution >= 4 is 46.2 Å². The SMILES string of the molecule is CCOP(=O)(CS(=O)(=O)c1ccc([N+](=O)[O-])cc1)OCC.CCOP(=O)(OCC)C(C)S(=O)(=O)c1ccc([N+](=O)[O-])cc1. The number of hydrogen-bond acceptors (Lipinski definition) is 14. The molecule has 0 aromatic heterocycles. The van der Waals surface area contributed by atoms with Gasteiger partial charge >= 0.3 is 15.2 Å². The van der Waals surface area contributed by atoms with Crippen molar-refractivity contribution in [3.05, 3.63) is 68.8 Å². The third-order valence-corrected chi connectivity index (χ3v) is 15.8. The van der Waals surface area contributed by atoms with Gasteiger partial charge in [0, 0.05) is 24.3 Å². The third-order valence-electron chi connectivity index (χ3n) is 5.27. The second kappa shape index (κ2) is 16.5. The highest BCUT2D eigenvalue weighted by Gasteiger charge is 2.42. The van der Waals surface area contributed by atoms with Crippen LogP contribution in [0.15, 0.2) is 58.3 Å². The summed E-state index contributed by atoms with van der Waals surface area (Å²) in [6.07, 6.45) is 0. The van der Waals surface area contributed by atoms with Crippen molar-refractivity contribution < 1.29 is 53.9 Å². The molecule has 0 fully saturated rings. The smallest absolute Gasteiger partial charge is 0.308 e. The maximum Gasteiger partial charge on any atom is 0.348 e. The second-order valence-corrected chi connectivity index (χ2v) is 17.7. The first kappa shape index (κ1) is 38.5. The fourth-order valence-corrected chi connectivity index (χ4v) is 11.8. The molecule has 0 saturated heterocycles. The Morgan fingerprint density at radius 2 is 1.02 bits per heavy atom. The molecule has 0 N–H and O–H groups in total. The van der Waals surface area contributed by atoms with Crippen LogP contribution in [0.1, 0.15) is 34.6 Å². The minimum atomic E-state index is -4.02. The highest BCUT2D eigenvalue weighted by atomic mass is 32.2. The molecule has 2 rings (SSSR count). The van der Waals surface area contributed by atoms with Crippen molar-refractivity contribution in [2.45, 2.75) is 49.4 Å².